The van der Waals surface area contributed by atoms with Gasteiger partial charge in [-0.3, -0.25) is 0 Å². The standard InChI is InChI=1S/C16H19F3N4/c1-9(2)11-6-7-13(12(8-11)10-4-5-10)23-15(20-3)21-14(22-23)16(17,18)19/h6-10H,4-5H2,1-3H3,(H,20,21,22). The van der Waals surface area contributed by atoms with Crippen molar-refractivity contribution in [3.8, 4) is 5.69 Å². The van der Waals surface area contributed by atoms with Gasteiger partial charge in [0.05, 0.1) is 5.69 Å². The Hall–Kier alpha value is -2.05. The van der Waals surface area contributed by atoms with Crippen LogP contribution in [-0.4, -0.2) is 21.8 Å². The van der Waals surface area contributed by atoms with Crippen LogP contribution in [0.4, 0.5) is 19.1 Å². The highest BCUT2D eigenvalue weighted by molar-refractivity contribution is 5.51. The van der Waals surface area contributed by atoms with Gasteiger partial charge in [0.15, 0.2) is 0 Å². The zero-order valence-electron chi connectivity index (χ0n) is 13.3. The predicted molar refractivity (Wildman–Crippen MR) is 82.0 cm³/mol. The summed E-state index contributed by atoms with van der Waals surface area (Å²) in [6, 6.07) is 5.88. The van der Waals surface area contributed by atoms with Gasteiger partial charge < -0.3 is 5.32 Å². The molecule has 7 heteroatoms. The Bertz CT molecular complexity index is 715. The van der Waals surface area contributed by atoms with Crippen molar-refractivity contribution in [3.05, 3.63) is 35.2 Å². The molecule has 1 heterocycles. The van der Waals surface area contributed by atoms with Crippen LogP contribution in [0.25, 0.3) is 5.69 Å². The average Bonchev–Trinajstić information content (AvgIpc) is 3.23. The Labute approximate surface area is 132 Å². The first-order chi connectivity index (χ1) is 10.8. The summed E-state index contributed by atoms with van der Waals surface area (Å²) in [4.78, 5) is 3.57. The first-order valence-corrected chi connectivity index (χ1v) is 7.67. The molecule has 0 atom stereocenters. The van der Waals surface area contributed by atoms with E-state index in [-0.39, 0.29) is 5.95 Å². The Morgan fingerprint density at radius 3 is 2.48 bits per heavy atom. The maximum atomic E-state index is 12.9. The molecule has 0 amide bonds. The van der Waals surface area contributed by atoms with E-state index in [9.17, 15) is 13.2 Å². The van der Waals surface area contributed by atoms with Gasteiger partial charge in [-0.2, -0.15) is 22.8 Å². The zero-order valence-corrected chi connectivity index (χ0v) is 13.3. The summed E-state index contributed by atoms with van der Waals surface area (Å²) in [6.07, 6.45) is -2.44. The van der Waals surface area contributed by atoms with Crippen LogP contribution in [-0.2, 0) is 6.18 Å². The molecule has 0 aliphatic heterocycles. The van der Waals surface area contributed by atoms with Gasteiger partial charge in [-0.1, -0.05) is 26.0 Å². The van der Waals surface area contributed by atoms with E-state index in [0.717, 1.165) is 18.4 Å². The van der Waals surface area contributed by atoms with Crippen molar-refractivity contribution in [2.75, 3.05) is 12.4 Å². The molecule has 2 aromatic rings. The molecule has 1 aromatic heterocycles. The molecular weight excluding hydrogens is 305 g/mol. The van der Waals surface area contributed by atoms with Crippen molar-refractivity contribution in [2.24, 2.45) is 0 Å². The molecule has 4 nitrogen and oxygen atoms in total. The zero-order chi connectivity index (χ0) is 16.8. The molecule has 0 unspecified atom stereocenters. The van der Waals surface area contributed by atoms with Crippen molar-refractivity contribution < 1.29 is 13.2 Å². The third kappa shape index (κ3) is 3.04. The van der Waals surface area contributed by atoms with E-state index in [1.165, 1.54) is 10.2 Å². The fourth-order valence-electron chi connectivity index (χ4n) is 2.61. The minimum Gasteiger partial charge on any atom is -0.357 e. The number of alkyl halides is 3. The van der Waals surface area contributed by atoms with Crippen molar-refractivity contribution in [1.29, 1.82) is 0 Å². The summed E-state index contributed by atoms with van der Waals surface area (Å²) in [7, 11) is 1.54. The number of aromatic nitrogens is 3. The van der Waals surface area contributed by atoms with Gasteiger partial charge in [0, 0.05) is 7.05 Å². The van der Waals surface area contributed by atoms with Crippen molar-refractivity contribution in [1.82, 2.24) is 14.8 Å². The van der Waals surface area contributed by atoms with Crippen LogP contribution in [0, 0.1) is 0 Å². The summed E-state index contributed by atoms with van der Waals surface area (Å²) in [5, 5.41) is 6.39. The van der Waals surface area contributed by atoms with Crippen LogP contribution in [0.2, 0.25) is 0 Å². The van der Waals surface area contributed by atoms with Gasteiger partial charge in [0.2, 0.25) is 5.95 Å². The number of nitrogens with one attached hydrogen (secondary N) is 1. The lowest BCUT2D eigenvalue weighted by Crippen LogP contribution is -2.09. The lowest BCUT2D eigenvalue weighted by Gasteiger charge is -2.14. The molecule has 1 aliphatic rings. The summed E-state index contributed by atoms with van der Waals surface area (Å²) in [5.74, 6) is -0.271. The van der Waals surface area contributed by atoms with E-state index in [2.05, 4.69) is 35.3 Å². The topological polar surface area (TPSA) is 42.7 Å². The normalized spacial score (nSPS) is 15.3. The van der Waals surface area contributed by atoms with Gasteiger partial charge in [-0.15, -0.1) is 5.10 Å². The number of hydrogen-bond donors (Lipinski definition) is 1. The van der Waals surface area contributed by atoms with Crippen molar-refractivity contribution >= 4 is 5.95 Å². The molecule has 3 rings (SSSR count). The Morgan fingerprint density at radius 2 is 1.96 bits per heavy atom. The van der Waals surface area contributed by atoms with Crippen LogP contribution in [0.3, 0.4) is 0 Å². The molecule has 0 radical (unpaired) electrons. The smallest absolute Gasteiger partial charge is 0.357 e. The third-order valence-corrected chi connectivity index (χ3v) is 4.05. The van der Waals surface area contributed by atoms with E-state index < -0.39 is 12.0 Å². The predicted octanol–water partition coefficient (Wildman–Crippen LogP) is 4.33. The van der Waals surface area contributed by atoms with E-state index in [4.69, 9.17) is 0 Å². The van der Waals surface area contributed by atoms with E-state index in [1.807, 2.05) is 12.1 Å². The van der Waals surface area contributed by atoms with Gasteiger partial charge in [-0.25, -0.2) is 0 Å². The molecule has 0 bridgehead atoms. The molecule has 1 N–H and O–H groups in total. The van der Waals surface area contributed by atoms with E-state index in [1.54, 1.807) is 7.05 Å². The second-order valence-corrected chi connectivity index (χ2v) is 6.17. The van der Waals surface area contributed by atoms with Gasteiger partial charge in [0.1, 0.15) is 0 Å². The Balaban J connectivity index is 2.13. The Kier molecular flexibility index (Phi) is 3.82. The van der Waals surface area contributed by atoms with Crippen molar-refractivity contribution in [2.45, 2.75) is 44.7 Å². The summed E-state index contributed by atoms with van der Waals surface area (Å²) >= 11 is 0. The second kappa shape index (κ2) is 5.54. The lowest BCUT2D eigenvalue weighted by atomic mass is 9.97. The first kappa shape index (κ1) is 15.8. The van der Waals surface area contributed by atoms with Gasteiger partial charge >= 0.3 is 6.18 Å². The summed E-state index contributed by atoms with van der Waals surface area (Å²) < 4.78 is 40.0. The number of halogens is 3. The van der Waals surface area contributed by atoms with Gasteiger partial charge in [-0.05, 0) is 41.9 Å². The highest BCUT2D eigenvalue weighted by Gasteiger charge is 2.38. The maximum absolute atomic E-state index is 12.9. The van der Waals surface area contributed by atoms with E-state index in [0.29, 0.717) is 17.5 Å². The fourth-order valence-corrected chi connectivity index (χ4v) is 2.61. The van der Waals surface area contributed by atoms with Crippen LogP contribution in [0.15, 0.2) is 18.2 Å². The number of anilines is 1. The molecule has 0 saturated heterocycles. The van der Waals surface area contributed by atoms with Gasteiger partial charge in [0.25, 0.3) is 5.82 Å². The lowest BCUT2D eigenvalue weighted by molar-refractivity contribution is -0.144. The number of nitrogens with zero attached hydrogens (tertiary/aromatic N) is 3. The molecule has 1 aromatic carbocycles. The molecular formula is C16H19F3N4. The summed E-state index contributed by atoms with van der Waals surface area (Å²) in [6.45, 7) is 4.20. The highest BCUT2D eigenvalue weighted by Crippen LogP contribution is 2.44. The number of rotatable bonds is 4. The number of hydrogen-bond acceptors (Lipinski definition) is 3. The SMILES string of the molecule is CNc1nc(C(F)(F)F)nn1-c1ccc(C(C)C)cc1C1CC1. The molecule has 124 valence electrons. The average molecular weight is 324 g/mol. The summed E-state index contributed by atoms with van der Waals surface area (Å²) in [5.41, 5.74) is 2.90. The maximum Gasteiger partial charge on any atom is 0.453 e. The van der Waals surface area contributed by atoms with Crippen molar-refractivity contribution in [3.63, 3.8) is 0 Å². The molecule has 23 heavy (non-hydrogen) atoms. The van der Waals surface area contributed by atoms with Crippen LogP contribution in [0.1, 0.15) is 55.5 Å². The quantitative estimate of drug-likeness (QED) is 0.910. The molecule has 1 aliphatic carbocycles. The monoisotopic (exact) mass is 324 g/mol. The highest BCUT2D eigenvalue weighted by atomic mass is 19.4. The largest absolute Gasteiger partial charge is 0.453 e. The molecule has 0 spiro atoms. The fraction of sp³-hybridized carbons (Fsp3) is 0.500. The molecule has 1 saturated carbocycles. The minimum atomic E-state index is -4.56. The molecule has 1 fully saturated rings. The van der Waals surface area contributed by atoms with E-state index >= 15 is 0 Å². The first-order valence-electron chi connectivity index (χ1n) is 7.67. The van der Waals surface area contributed by atoms with Crippen LogP contribution < -0.4 is 5.32 Å². The minimum absolute atomic E-state index is 0.0940. The Morgan fingerprint density at radius 1 is 1.26 bits per heavy atom. The van der Waals surface area contributed by atoms with Crippen LogP contribution in [0.5, 0.6) is 0 Å². The third-order valence-electron chi connectivity index (χ3n) is 4.05. The number of benzene rings is 1. The second-order valence-electron chi connectivity index (χ2n) is 6.17. The van der Waals surface area contributed by atoms with Crippen LogP contribution >= 0.6 is 0 Å².